The topological polar surface area (TPSA) is 114 Å². The Morgan fingerprint density at radius 2 is 1.96 bits per heavy atom. The molecule has 9 heteroatoms. The maximum Gasteiger partial charge on any atom is 0.285 e. The van der Waals surface area contributed by atoms with E-state index in [9.17, 15) is 19.7 Å². The van der Waals surface area contributed by atoms with E-state index in [-0.39, 0.29) is 17.2 Å². The molecule has 0 saturated carbocycles. The van der Waals surface area contributed by atoms with E-state index >= 15 is 0 Å². The van der Waals surface area contributed by atoms with Crippen molar-refractivity contribution in [1.82, 2.24) is 4.98 Å². The van der Waals surface area contributed by atoms with Gasteiger partial charge in [0.15, 0.2) is 5.13 Å². The summed E-state index contributed by atoms with van der Waals surface area (Å²) in [6, 6.07) is 9.67. The highest BCUT2D eigenvalue weighted by Crippen LogP contribution is 2.29. The van der Waals surface area contributed by atoms with Crippen LogP contribution in [0.2, 0.25) is 0 Å². The second kappa shape index (κ2) is 6.89. The van der Waals surface area contributed by atoms with Gasteiger partial charge in [0.2, 0.25) is 5.91 Å². The van der Waals surface area contributed by atoms with Gasteiger partial charge in [-0.2, -0.15) is 0 Å². The van der Waals surface area contributed by atoms with Gasteiger partial charge >= 0.3 is 0 Å². The molecule has 3 aromatic rings. The van der Waals surface area contributed by atoms with Gasteiger partial charge < -0.3 is 10.6 Å². The number of aryl methyl sites for hydroxylation is 1. The van der Waals surface area contributed by atoms with E-state index in [0.717, 1.165) is 4.70 Å². The largest absolute Gasteiger partial charge is 0.322 e. The fraction of sp³-hybridized carbons (Fsp3) is 0.118. The Bertz CT molecular complexity index is 1040. The summed E-state index contributed by atoms with van der Waals surface area (Å²) < 4.78 is 0.769. The van der Waals surface area contributed by atoms with Gasteiger partial charge in [0.05, 0.1) is 15.1 Å². The lowest BCUT2D eigenvalue weighted by Crippen LogP contribution is -2.14. The molecule has 0 radical (unpaired) electrons. The smallest absolute Gasteiger partial charge is 0.285 e. The van der Waals surface area contributed by atoms with E-state index in [0.29, 0.717) is 21.9 Å². The van der Waals surface area contributed by atoms with Crippen LogP contribution in [-0.4, -0.2) is 21.7 Å². The van der Waals surface area contributed by atoms with Crippen molar-refractivity contribution >= 4 is 49.9 Å². The highest BCUT2D eigenvalue weighted by molar-refractivity contribution is 7.22. The monoisotopic (exact) mass is 370 g/mol. The van der Waals surface area contributed by atoms with Gasteiger partial charge in [0.25, 0.3) is 11.6 Å². The summed E-state index contributed by atoms with van der Waals surface area (Å²) in [5, 5.41) is 17.0. The zero-order valence-electron chi connectivity index (χ0n) is 13.9. The van der Waals surface area contributed by atoms with Gasteiger partial charge in [-0.1, -0.05) is 23.5 Å². The normalized spacial score (nSPS) is 10.5. The molecule has 0 fully saturated rings. The Labute approximate surface area is 152 Å². The van der Waals surface area contributed by atoms with Crippen LogP contribution in [0.4, 0.5) is 16.5 Å². The molecule has 0 aliphatic heterocycles. The number of nitrogens with one attached hydrogen (secondary N) is 2. The van der Waals surface area contributed by atoms with Crippen molar-refractivity contribution in [2.24, 2.45) is 0 Å². The lowest BCUT2D eigenvalue weighted by molar-refractivity contribution is -0.385. The summed E-state index contributed by atoms with van der Waals surface area (Å²) >= 11 is 1.27. The maximum absolute atomic E-state index is 12.5. The third-order valence-corrected chi connectivity index (χ3v) is 4.53. The third kappa shape index (κ3) is 3.52. The number of para-hydroxylation sites is 1. The molecule has 3 rings (SSSR count). The molecule has 0 aliphatic carbocycles. The predicted octanol–water partition coefficient (Wildman–Crippen LogP) is 3.72. The van der Waals surface area contributed by atoms with E-state index in [4.69, 9.17) is 0 Å². The minimum atomic E-state index is -0.564. The number of nitro groups is 1. The van der Waals surface area contributed by atoms with Gasteiger partial charge in [-0.15, -0.1) is 0 Å². The molecule has 0 bridgehead atoms. The molecule has 2 amide bonds. The standard InChI is InChI=1S/C17H14N4O4S/c1-9-4-3-5-12(15(9)21(24)25)16(23)19-11-6-7-13-14(8-11)26-17(20-13)18-10(2)22/h3-8H,1-2H3,(H,19,23)(H,18,20,22). The number of anilines is 2. The molecule has 8 nitrogen and oxygen atoms in total. The number of nitrogens with zero attached hydrogens (tertiary/aromatic N) is 2. The average molecular weight is 370 g/mol. The molecule has 0 aliphatic rings. The van der Waals surface area contributed by atoms with E-state index in [2.05, 4.69) is 15.6 Å². The van der Waals surface area contributed by atoms with Crippen LogP contribution in [0.25, 0.3) is 10.2 Å². The lowest BCUT2D eigenvalue weighted by atomic mass is 10.1. The summed E-state index contributed by atoms with van der Waals surface area (Å²) in [6.45, 7) is 2.98. The van der Waals surface area contributed by atoms with Crippen LogP contribution in [0, 0.1) is 17.0 Å². The minimum absolute atomic E-state index is 0.00154. The molecule has 1 heterocycles. The van der Waals surface area contributed by atoms with Gasteiger partial charge in [0.1, 0.15) is 5.56 Å². The molecule has 132 valence electrons. The first-order valence-electron chi connectivity index (χ1n) is 7.58. The molecule has 0 saturated heterocycles. The number of hydrogen-bond acceptors (Lipinski definition) is 6. The Balaban J connectivity index is 1.89. The van der Waals surface area contributed by atoms with Gasteiger partial charge in [-0.3, -0.25) is 19.7 Å². The highest BCUT2D eigenvalue weighted by atomic mass is 32.1. The predicted molar refractivity (Wildman–Crippen MR) is 99.7 cm³/mol. The van der Waals surface area contributed by atoms with Crippen molar-refractivity contribution < 1.29 is 14.5 Å². The van der Waals surface area contributed by atoms with Crippen LogP contribution in [0.3, 0.4) is 0 Å². The number of nitro benzene ring substituents is 1. The number of rotatable bonds is 4. The van der Waals surface area contributed by atoms with Crippen LogP contribution < -0.4 is 10.6 Å². The van der Waals surface area contributed by atoms with Crippen molar-refractivity contribution in [3.05, 3.63) is 57.6 Å². The third-order valence-electron chi connectivity index (χ3n) is 3.59. The molecule has 1 aromatic heterocycles. The van der Waals surface area contributed by atoms with Crippen molar-refractivity contribution in [2.75, 3.05) is 10.6 Å². The number of hydrogen-bond donors (Lipinski definition) is 2. The number of carbonyl (C=O) groups excluding carboxylic acids is 2. The zero-order chi connectivity index (χ0) is 18.8. The van der Waals surface area contributed by atoms with Gasteiger partial charge in [0, 0.05) is 18.2 Å². The van der Waals surface area contributed by atoms with Crippen LogP contribution in [0.15, 0.2) is 36.4 Å². The molecular weight excluding hydrogens is 356 g/mol. The Morgan fingerprint density at radius 3 is 2.65 bits per heavy atom. The van der Waals surface area contributed by atoms with E-state index < -0.39 is 10.8 Å². The summed E-state index contributed by atoms with van der Waals surface area (Å²) in [6.07, 6.45) is 0. The number of fused-ring (bicyclic) bond motifs is 1. The second-order valence-corrected chi connectivity index (χ2v) is 6.60. The van der Waals surface area contributed by atoms with E-state index in [1.165, 1.54) is 24.3 Å². The van der Waals surface area contributed by atoms with Crippen molar-refractivity contribution in [3.8, 4) is 0 Å². The minimum Gasteiger partial charge on any atom is -0.322 e. The van der Waals surface area contributed by atoms with Gasteiger partial charge in [-0.25, -0.2) is 4.98 Å². The number of amides is 2. The molecule has 0 spiro atoms. The van der Waals surface area contributed by atoms with Crippen LogP contribution in [0.5, 0.6) is 0 Å². The molecule has 26 heavy (non-hydrogen) atoms. The Hall–Kier alpha value is -3.33. The fourth-order valence-corrected chi connectivity index (χ4v) is 3.44. The first kappa shape index (κ1) is 17.5. The molecule has 2 aromatic carbocycles. The van der Waals surface area contributed by atoms with Crippen LogP contribution in [0.1, 0.15) is 22.8 Å². The van der Waals surface area contributed by atoms with E-state index in [1.54, 1.807) is 37.3 Å². The molecule has 2 N–H and O–H groups in total. The van der Waals surface area contributed by atoms with Crippen LogP contribution >= 0.6 is 11.3 Å². The summed E-state index contributed by atoms with van der Waals surface area (Å²) in [5.41, 5.74) is 1.37. The first-order valence-corrected chi connectivity index (χ1v) is 8.40. The zero-order valence-corrected chi connectivity index (χ0v) is 14.7. The highest BCUT2D eigenvalue weighted by Gasteiger charge is 2.22. The number of carbonyl (C=O) groups is 2. The van der Waals surface area contributed by atoms with E-state index in [1.807, 2.05) is 0 Å². The second-order valence-electron chi connectivity index (χ2n) is 5.57. The lowest BCUT2D eigenvalue weighted by Gasteiger charge is -2.07. The SMILES string of the molecule is CC(=O)Nc1nc2ccc(NC(=O)c3cccc(C)c3[N+](=O)[O-])cc2s1. The number of aromatic nitrogens is 1. The summed E-state index contributed by atoms with van der Waals surface area (Å²) in [4.78, 5) is 38.6. The quantitative estimate of drug-likeness (QED) is 0.536. The fourth-order valence-electron chi connectivity index (χ4n) is 2.49. The Kier molecular flexibility index (Phi) is 4.63. The molecular formula is C17H14N4O4S. The summed E-state index contributed by atoms with van der Waals surface area (Å²) in [7, 11) is 0. The molecule has 0 unspecified atom stereocenters. The van der Waals surface area contributed by atoms with Crippen LogP contribution in [-0.2, 0) is 4.79 Å². The van der Waals surface area contributed by atoms with Gasteiger partial charge in [-0.05, 0) is 31.2 Å². The van der Waals surface area contributed by atoms with Crippen molar-refractivity contribution in [2.45, 2.75) is 13.8 Å². The molecule has 0 atom stereocenters. The maximum atomic E-state index is 12.5. The van der Waals surface area contributed by atoms with Crippen molar-refractivity contribution in [1.29, 1.82) is 0 Å². The number of thiazole rings is 1. The average Bonchev–Trinajstić information content (AvgIpc) is 2.94. The van der Waals surface area contributed by atoms with Crippen molar-refractivity contribution in [3.63, 3.8) is 0 Å². The summed E-state index contributed by atoms with van der Waals surface area (Å²) in [5.74, 6) is -0.782. The number of benzene rings is 2. The Morgan fingerprint density at radius 1 is 1.19 bits per heavy atom. The first-order chi connectivity index (χ1) is 12.3.